The van der Waals surface area contributed by atoms with Gasteiger partial charge in [-0.15, -0.1) is 0 Å². The predicted molar refractivity (Wildman–Crippen MR) is 157 cm³/mol. The number of aliphatic hydroxyl groups excluding tert-OH is 1. The van der Waals surface area contributed by atoms with Crippen molar-refractivity contribution < 1.29 is 19.0 Å². The Hall–Kier alpha value is -2.44. The Kier molecular flexibility index (Phi) is 6.37. The van der Waals surface area contributed by atoms with Gasteiger partial charge in [-0.05, 0) is 97.6 Å². The van der Waals surface area contributed by atoms with Crippen LogP contribution < -0.4 is 0 Å². The molecule has 0 radical (unpaired) electrons. The molecule has 5 aliphatic rings. The molecule has 9 atom stereocenters. The summed E-state index contributed by atoms with van der Waals surface area (Å²) < 4.78 is 28.8. The van der Waals surface area contributed by atoms with Gasteiger partial charge in [0.2, 0.25) is 0 Å². The first-order valence-corrected chi connectivity index (χ1v) is 15.5. The van der Waals surface area contributed by atoms with Crippen molar-refractivity contribution in [3.05, 3.63) is 53.1 Å². The summed E-state index contributed by atoms with van der Waals surface area (Å²) in [5.74, 6) is 0.403. The van der Waals surface area contributed by atoms with Gasteiger partial charge in [-0.25, -0.2) is 9.07 Å². The van der Waals surface area contributed by atoms with Gasteiger partial charge in [0.15, 0.2) is 6.29 Å². The fourth-order valence-corrected chi connectivity index (χ4v) is 10.3. The van der Waals surface area contributed by atoms with Gasteiger partial charge in [0.25, 0.3) is 0 Å². The number of thiocarbonyl (C=S) groups is 1. The number of rotatable bonds is 5. The van der Waals surface area contributed by atoms with Crippen molar-refractivity contribution in [2.75, 3.05) is 0 Å². The molecule has 41 heavy (non-hydrogen) atoms. The van der Waals surface area contributed by atoms with E-state index in [0.717, 1.165) is 55.5 Å². The molecule has 4 aliphatic carbocycles. The lowest BCUT2D eigenvalue weighted by atomic mass is 9.45. The highest BCUT2D eigenvalue weighted by Gasteiger charge is 2.74. The highest BCUT2D eigenvalue weighted by molar-refractivity contribution is 7.80. The van der Waals surface area contributed by atoms with Crippen LogP contribution in [0.5, 0.6) is 0 Å². The van der Waals surface area contributed by atoms with E-state index in [-0.39, 0.29) is 41.9 Å². The van der Waals surface area contributed by atoms with Crippen LogP contribution in [0.25, 0.3) is 11.8 Å². The van der Waals surface area contributed by atoms with Crippen LogP contribution in [0.4, 0.5) is 4.39 Å². The average molecular weight is 576 g/mol. The first-order chi connectivity index (χ1) is 19.7. The number of halogens is 1. The fourth-order valence-electron chi connectivity index (χ4n) is 9.86. The molecule has 0 bridgehead atoms. The van der Waals surface area contributed by atoms with Gasteiger partial charge in [-0.3, -0.25) is 0 Å². The second-order valence-corrected chi connectivity index (χ2v) is 13.9. The van der Waals surface area contributed by atoms with E-state index in [1.54, 1.807) is 12.1 Å². The van der Waals surface area contributed by atoms with Crippen molar-refractivity contribution >= 4 is 23.2 Å². The third-order valence-corrected chi connectivity index (χ3v) is 11.9. The lowest BCUT2D eigenvalue weighted by Gasteiger charge is -2.61. The van der Waals surface area contributed by atoms with Gasteiger partial charge >= 0.3 is 0 Å². The number of benzene rings is 1. The zero-order valence-corrected chi connectivity index (χ0v) is 24.8. The van der Waals surface area contributed by atoms with Gasteiger partial charge in [0.1, 0.15) is 11.4 Å². The molecular weight excluding hydrogens is 537 g/mol. The second-order valence-electron chi connectivity index (χ2n) is 13.4. The molecule has 1 aromatic heterocycles. The molecule has 7 rings (SSSR count). The first kappa shape index (κ1) is 27.4. The predicted octanol–water partition coefficient (Wildman–Crippen LogP) is 6.34. The number of hydrogen-bond donors (Lipinski definition) is 1. The van der Waals surface area contributed by atoms with E-state index >= 15 is 0 Å². The Morgan fingerprint density at radius 3 is 2.80 bits per heavy atom. The minimum Gasteiger partial charge on any atom is -0.393 e. The molecule has 2 aromatic rings. The van der Waals surface area contributed by atoms with Gasteiger partial charge < -0.3 is 14.6 Å². The molecular formula is C33H38FN3O3S. The summed E-state index contributed by atoms with van der Waals surface area (Å²) in [6.07, 6.45) is 9.25. The number of aromatic nitrogens is 2. The summed E-state index contributed by atoms with van der Waals surface area (Å²) in [7, 11) is 0. The van der Waals surface area contributed by atoms with E-state index < -0.39 is 17.1 Å². The topological polar surface area (TPSA) is 80.3 Å². The van der Waals surface area contributed by atoms with Crippen molar-refractivity contribution in [1.29, 1.82) is 5.26 Å². The number of aliphatic hydroxyl groups is 1. The minimum atomic E-state index is -0.818. The highest BCUT2D eigenvalue weighted by atomic mass is 32.1. The van der Waals surface area contributed by atoms with Crippen molar-refractivity contribution in [3.8, 4) is 11.8 Å². The minimum absolute atomic E-state index is 0.0924. The number of ether oxygens (including phenoxy) is 2. The molecule has 1 saturated heterocycles. The van der Waals surface area contributed by atoms with Crippen LogP contribution >= 0.6 is 12.2 Å². The van der Waals surface area contributed by atoms with E-state index in [1.807, 2.05) is 10.9 Å². The molecule has 3 saturated carbocycles. The third kappa shape index (κ3) is 3.68. The number of fused-ring (bicyclic) bond motifs is 8. The molecule has 2 heterocycles. The second kappa shape index (κ2) is 9.54. The van der Waals surface area contributed by atoms with Crippen molar-refractivity contribution in [3.63, 3.8) is 0 Å². The molecule has 1 aromatic carbocycles. The van der Waals surface area contributed by atoms with Gasteiger partial charge in [0, 0.05) is 10.3 Å². The van der Waals surface area contributed by atoms with Gasteiger partial charge in [-0.1, -0.05) is 45.0 Å². The average Bonchev–Trinajstić information content (AvgIpc) is 3.57. The Balaban J connectivity index is 1.24. The monoisotopic (exact) mass is 575 g/mol. The van der Waals surface area contributed by atoms with Crippen LogP contribution in [0.2, 0.25) is 0 Å². The number of allylic oxidation sites excluding steroid dienone is 1. The van der Waals surface area contributed by atoms with Crippen LogP contribution in [-0.2, 0) is 15.9 Å². The molecule has 216 valence electrons. The quantitative estimate of drug-likeness (QED) is 0.419. The van der Waals surface area contributed by atoms with E-state index in [2.05, 4.69) is 32.9 Å². The fraction of sp³-hybridized carbons (Fsp3) is 0.606. The van der Waals surface area contributed by atoms with E-state index in [9.17, 15) is 14.8 Å². The Labute approximate surface area is 246 Å². The maximum Gasteiger partial charge on any atom is 0.159 e. The smallest absolute Gasteiger partial charge is 0.159 e. The molecule has 4 fully saturated rings. The SMILES string of the molecule is CCC[C@@H]1O[C@@H]2C[C@H]3[C@@H]4CCC5=Cc6c(cnn6-c6ccc(F)cc6)C[C@]5(C)[C@H]4[C@@H](O)C[C@]3(C)[C@]2(C(=S)CC#N)O1. The Morgan fingerprint density at radius 1 is 1.29 bits per heavy atom. The highest BCUT2D eigenvalue weighted by Crippen LogP contribution is 2.70. The number of nitriles is 1. The van der Waals surface area contributed by atoms with Crippen LogP contribution in [0.3, 0.4) is 0 Å². The molecule has 1 aliphatic heterocycles. The Morgan fingerprint density at radius 2 is 2.07 bits per heavy atom. The zero-order chi connectivity index (χ0) is 28.7. The van der Waals surface area contributed by atoms with Crippen LogP contribution in [0, 0.1) is 45.7 Å². The molecule has 0 spiro atoms. The van der Waals surface area contributed by atoms with E-state index in [0.29, 0.717) is 17.2 Å². The molecule has 0 amide bonds. The zero-order valence-electron chi connectivity index (χ0n) is 24.0. The lowest BCUT2D eigenvalue weighted by Crippen LogP contribution is -2.63. The summed E-state index contributed by atoms with van der Waals surface area (Å²) >= 11 is 5.96. The van der Waals surface area contributed by atoms with Gasteiger partial charge in [0.05, 0.1) is 42.3 Å². The summed E-state index contributed by atoms with van der Waals surface area (Å²) in [6.45, 7) is 6.70. The van der Waals surface area contributed by atoms with Crippen molar-refractivity contribution in [1.82, 2.24) is 9.78 Å². The van der Waals surface area contributed by atoms with Crippen LogP contribution in [-0.4, -0.2) is 43.9 Å². The maximum absolute atomic E-state index is 13.6. The summed E-state index contributed by atoms with van der Waals surface area (Å²) in [4.78, 5) is 0.636. The van der Waals surface area contributed by atoms with Gasteiger partial charge in [-0.2, -0.15) is 10.4 Å². The largest absolute Gasteiger partial charge is 0.393 e. The lowest BCUT2D eigenvalue weighted by molar-refractivity contribution is -0.179. The van der Waals surface area contributed by atoms with Crippen molar-refractivity contribution in [2.45, 2.75) is 96.2 Å². The molecule has 6 nitrogen and oxygen atoms in total. The number of nitrogens with zero attached hydrogens (tertiary/aromatic N) is 3. The standard InChI is InChI=1S/C33H38FN3O3S/c1-4-5-29-39-27-15-24-23-11-6-20-14-25-19(18-36-37(25)22-9-7-21(34)8-10-22)16-31(20,2)30(23)26(38)17-32(24,3)33(27,40-29)28(41)12-13-35/h7-10,14,18,23-24,26-27,29-30,38H,4-6,11-12,15-17H2,1-3H3/t23-,24-,26-,27+,29+,30+,31-,32-,33-/m0/s1. The summed E-state index contributed by atoms with van der Waals surface area (Å²) in [6, 6.07) is 8.73. The van der Waals surface area contributed by atoms with Crippen molar-refractivity contribution in [2.24, 2.45) is 28.6 Å². The maximum atomic E-state index is 13.6. The summed E-state index contributed by atoms with van der Waals surface area (Å²) in [5, 5.41) is 26.4. The Bertz CT molecular complexity index is 1460. The molecule has 1 N–H and O–H groups in total. The molecule has 0 unspecified atom stereocenters. The molecule has 8 heteroatoms. The third-order valence-electron chi connectivity index (χ3n) is 11.5. The van der Waals surface area contributed by atoms with E-state index in [4.69, 9.17) is 26.8 Å². The van der Waals surface area contributed by atoms with Crippen LogP contribution in [0.1, 0.15) is 77.0 Å². The number of hydrogen-bond acceptors (Lipinski definition) is 6. The first-order valence-electron chi connectivity index (χ1n) is 15.1. The van der Waals surface area contributed by atoms with E-state index in [1.165, 1.54) is 17.7 Å². The summed E-state index contributed by atoms with van der Waals surface area (Å²) in [5.41, 5.74) is 3.00. The van der Waals surface area contributed by atoms with Crippen LogP contribution in [0.15, 0.2) is 36.0 Å². The normalized spacial score (nSPS) is 40.4.